The van der Waals surface area contributed by atoms with Gasteiger partial charge in [-0.3, -0.25) is 0 Å². The largest absolute Gasteiger partial charge is 0.396 e. The number of halogens is 1. The Morgan fingerprint density at radius 2 is 2.00 bits per heavy atom. The Morgan fingerprint density at radius 1 is 1.20 bits per heavy atom. The molecule has 0 bridgehead atoms. The average molecular weight is 377 g/mol. The molecule has 1 aliphatic carbocycles. The summed E-state index contributed by atoms with van der Waals surface area (Å²) in [5, 5.41) is 15.8. The Balaban J connectivity index is 1.57. The maximum absolute atomic E-state index is 12.1. The van der Waals surface area contributed by atoms with Crippen LogP contribution in [0.5, 0.6) is 0 Å². The number of para-hydroxylation sites is 1. The number of hydrogen-bond acceptors (Lipinski definition) is 3. The molecule has 2 amide bonds. The summed E-state index contributed by atoms with van der Waals surface area (Å²) >= 11 is 7.67. The van der Waals surface area contributed by atoms with Crippen molar-refractivity contribution in [1.29, 1.82) is 0 Å². The normalized spacial score (nSPS) is 14.8. The average Bonchev–Trinajstić information content (AvgIpc) is 3.40. The van der Waals surface area contributed by atoms with Crippen LogP contribution in [0, 0.1) is 5.41 Å². The second-order valence-electron chi connectivity index (χ2n) is 6.38. The first-order valence-electron chi connectivity index (χ1n) is 8.22. The van der Waals surface area contributed by atoms with Gasteiger partial charge in [0.15, 0.2) is 0 Å². The molecule has 0 heterocycles. The lowest BCUT2D eigenvalue weighted by atomic mass is 10.1. The van der Waals surface area contributed by atoms with Gasteiger partial charge in [0, 0.05) is 27.6 Å². The third-order valence-electron chi connectivity index (χ3n) is 4.34. The fourth-order valence-electron chi connectivity index (χ4n) is 2.49. The highest BCUT2D eigenvalue weighted by Gasteiger charge is 2.42. The molecule has 0 atom stereocenters. The molecule has 0 aliphatic heterocycles. The smallest absolute Gasteiger partial charge is 0.319 e. The number of carbonyl (C=O) groups excluding carboxylic acids is 1. The number of urea groups is 1. The van der Waals surface area contributed by atoms with Gasteiger partial charge >= 0.3 is 6.03 Å². The maximum atomic E-state index is 12.1. The van der Waals surface area contributed by atoms with Crippen LogP contribution in [0.4, 0.5) is 10.5 Å². The molecule has 1 saturated carbocycles. The van der Waals surface area contributed by atoms with E-state index in [1.54, 1.807) is 11.8 Å². The van der Waals surface area contributed by atoms with Gasteiger partial charge < -0.3 is 15.7 Å². The molecule has 1 aliphatic rings. The number of amides is 2. The van der Waals surface area contributed by atoms with Gasteiger partial charge in [-0.1, -0.05) is 35.9 Å². The molecule has 1 fully saturated rings. The van der Waals surface area contributed by atoms with E-state index in [1.807, 2.05) is 48.5 Å². The summed E-state index contributed by atoms with van der Waals surface area (Å²) in [5.74, 6) is 0.772. The maximum Gasteiger partial charge on any atom is 0.319 e. The summed E-state index contributed by atoms with van der Waals surface area (Å²) in [5.41, 5.74) is 1.81. The molecule has 6 heteroatoms. The summed E-state index contributed by atoms with van der Waals surface area (Å²) < 4.78 is 0. The van der Waals surface area contributed by atoms with E-state index in [2.05, 4.69) is 10.6 Å². The third-order valence-corrected chi connectivity index (χ3v) is 5.71. The second kappa shape index (κ2) is 8.13. The molecule has 132 valence electrons. The quantitative estimate of drug-likeness (QED) is 0.622. The van der Waals surface area contributed by atoms with Crippen LogP contribution in [-0.2, 0) is 5.75 Å². The third kappa shape index (κ3) is 5.14. The number of carbonyl (C=O) groups is 1. The fraction of sp³-hybridized carbons (Fsp3) is 0.316. The predicted octanol–water partition coefficient (Wildman–Crippen LogP) is 4.53. The lowest BCUT2D eigenvalue weighted by molar-refractivity contribution is 0.206. The number of hydrogen-bond donors (Lipinski definition) is 3. The summed E-state index contributed by atoms with van der Waals surface area (Å²) in [6, 6.07) is 15.3. The molecule has 0 aromatic heterocycles. The zero-order chi connectivity index (χ0) is 17.7. The van der Waals surface area contributed by atoms with Crippen LogP contribution < -0.4 is 10.6 Å². The Bertz CT molecular complexity index is 750. The van der Waals surface area contributed by atoms with Crippen LogP contribution in [-0.4, -0.2) is 24.3 Å². The van der Waals surface area contributed by atoms with Gasteiger partial charge in [0.1, 0.15) is 0 Å². The number of thioether (sulfide) groups is 1. The first kappa shape index (κ1) is 18.1. The monoisotopic (exact) mass is 376 g/mol. The van der Waals surface area contributed by atoms with Crippen LogP contribution in [0.15, 0.2) is 53.4 Å². The van der Waals surface area contributed by atoms with E-state index < -0.39 is 0 Å². The summed E-state index contributed by atoms with van der Waals surface area (Å²) in [7, 11) is 0. The van der Waals surface area contributed by atoms with Crippen LogP contribution >= 0.6 is 23.4 Å². The van der Waals surface area contributed by atoms with E-state index >= 15 is 0 Å². The Hall–Kier alpha value is -1.69. The zero-order valence-electron chi connectivity index (χ0n) is 13.8. The fourth-order valence-corrected chi connectivity index (χ4v) is 3.65. The standard InChI is InChI=1S/C19H21ClN2O2S/c20-15-5-3-4-14(10-15)11-25-17-7-2-1-6-16(17)22-18(24)21-12-19(13-23)8-9-19/h1-7,10,23H,8-9,11-13H2,(H2,21,22,24). The molecule has 0 spiro atoms. The molecular formula is C19H21ClN2O2S. The molecule has 25 heavy (non-hydrogen) atoms. The van der Waals surface area contributed by atoms with Crippen molar-refractivity contribution in [1.82, 2.24) is 5.32 Å². The first-order chi connectivity index (χ1) is 12.1. The SMILES string of the molecule is O=C(NCC1(CO)CC1)Nc1ccccc1SCc1cccc(Cl)c1. The summed E-state index contributed by atoms with van der Waals surface area (Å²) in [4.78, 5) is 13.1. The summed E-state index contributed by atoms with van der Waals surface area (Å²) in [6.07, 6.45) is 1.94. The van der Waals surface area contributed by atoms with E-state index in [0.29, 0.717) is 6.54 Å². The van der Waals surface area contributed by atoms with Crippen LogP contribution in [0.3, 0.4) is 0 Å². The van der Waals surface area contributed by atoms with Gasteiger partial charge in [-0.15, -0.1) is 11.8 Å². The highest BCUT2D eigenvalue weighted by Crippen LogP contribution is 2.44. The molecule has 3 rings (SSSR count). The number of rotatable bonds is 7. The van der Waals surface area contributed by atoms with Gasteiger partial charge in [0.05, 0.1) is 12.3 Å². The van der Waals surface area contributed by atoms with Crippen molar-refractivity contribution >= 4 is 35.1 Å². The number of anilines is 1. The summed E-state index contributed by atoms with van der Waals surface area (Å²) in [6.45, 7) is 0.631. The second-order valence-corrected chi connectivity index (χ2v) is 7.83. The number of nitrogens with one attached hydrogen (secondary N) is 2. The number of benzene rings is 2. The molecule has 4 nitrogen and oxygen atoms in total. The van der Waals surface area contributed by atoms with Crippen LogP contribution in [0.1, 0.15) is 18.4 Å². The van der Waals surface area contributed by atoms with Gasteiger partial charge in [-0.2, -0.15) is 0 Å². The Labute approximate surface area is 157 Å². The number of aliphatic hydroxyl groups is 1. The Kier molecular flexibility index (Phi) is 5.89. The van der Waals surface area contributed by atoms with E-state index in [4.69, 9.17) is 11.6 Å². The molecule has 2 aromatic carbocycles. The lowest BCUT2D eigenvalue weighted by Crippen LogP contribution is -2.35. The van der Waals surface area contributed by atoms with Crippen molar-refractivity contribution in [2.24, 2.45) is 5.41 Å². The lowest BCUT2D eigenvalue weighted by Gasteiger charge is -2.15. The molecule has 2 aromatic rings. The van der Waals surface area contributed by atoms with E-state index in [1.165, 1.54) is 0 Å². The molecule has 0 unspecified atom stereocenters. The van der Waals surface area contributed by atoms with Gasteiger partial charge in [0.2, 0.25) is 0 Å². The van der Waals surface area contributed by atoms with Crippen LogP contribution in [0.2, 0.25) is 5.02 Å². The van der Waals surface area contributed by atoms with Crippen molar-refractivity contribution in [2.45, 2.75) is 23.5 Å². The zero-order valence-corrected chi connectivity index (χ0v) is 15.4. The van der Waals surface area contributed by atoms with Gasteiger partial charge in [-0.05, 0) is 42.7 Å². The van der Waals surface area contributed by atoms with Crippen molar-refractivity contribution in [3.8, 4) is 0 Å². The molecule has 0 radical (unpaired) electrons. The highest BCUT2D eigenvalue weighted by molar-refractivity contribution is 7.98. The van der Waals surface area contributed by atoms with Crippen molar-refractivity contribution in [2.75, 3.05) is 18.5 Å². The molecule has 3 N–H and O–H groups in total. The minimum Gasteiger partial charge on any atom is -0.396 e. The topological polar surface area (TPSA) is 61.4 Å². The van der Waals surface area contributed by atoms with E-state index in [9.17, 15) is 9.90 Å². The molecule has 0 saturated heterocycles. The van der Waals surface area contributed by atoms with Gasteiger partial charge in [-0.25, -0.2) is 4.79 Å². The van der Waals surface area contributed by atoms with Crippen LogP contribution in [0.25, 0.3) is 0 Å². The minimum absolute atomic E-state index is 0.0990. The predicted molar refractivity (Wildman–Crippen MR) is 103 cm³/mol. The van der Waals surface area contributed by atoms with Gasteiger partial charge in [0.25, 0.3) is 0 Å². The van der Waals surface area contributed by atoms with Crippen molar-refractivity contribution in [3.05, 3.63) is 59.1 Å². The minimum atomic E-state index is -0.240. The van der Waals surface area contributed by atoms with Crippen molar-refractivity contribution < 1.29 is 9.90 Å². The highest BCUT2D eigenvalue weighted by atomic mass is 35.5. The molecular weight excluding hydrogens is 356 g/mol. The Morgan fingerprint density at radius 3 is 2.72 bits per heavy atom. The van der Waals surface area contributed by atoms with E-state index in [-0.39, 0.29) is 18.1 Å². The number of aliphatic hydroxyl groups excluding tert-OH is 1. The first-order valence-corrected chi connectivity index (χ1v) is 9.59. The van der Waals surface area contributed by atoms with E-state index in [0.717, 1.165) is 39.8 Å². The van der Waals surface area contributed by atoms with Crippen molar-refractivity contribution in [3.63, 3.8) is 0 Å².